The summed E-state index contributed by atoms with van der Waals surface area (Å²) in [7, 11) is 0. The highest BCUT2D eigenvalue weighted by Gasteiger charge is 2.17. The van der Waals surface area contributed by atoms with Crippen molar-refractivity contribution < 1.29 is 9.53 Å². The zero-order valence-electron chi connectivity index (χ0n) is 17.5. The largest absolute Gasteiger partial charge is 0.484 e. The summed E-state index contributed by atoms with van der Waals surface area (Å²) >= 11 is 0. The number of hydrogen-bond donors (Lipinski definition) is 1. The van der Waals surface area contributed by atoms with Crippen molar-refractivity contribution in [3.63, 3.8) is 0 Å². The van der Waals surface area contributed by atoms with Crippen molar-refractivity contribution in [3.8, 4) is 5.75 Å². The Hall–Kier alpha value is -2.49. The molecule has 2 aromatic carbocycles. The van der Waals surface area contributed by atoms with Crippen molar-refractivity contribution in [2.75, 3.05) is 24.6 Å². The van der Waals surface area contributed by atoms with Crippen molar-refractivity contribution in [2.24, 2.45) is 5.92 Å². The molecule has 0 aromatic heterocycles. The Kier molecular flexibility index (Phi) is 6.61. The molecular weight excluding hydrogens is 348 g/mol. The molecule has 0 spiro atoms. The molecule has 1 amide bonds. The Balaban J connectivity index is 1.52. The Morgan fingerprint density at radius 1 is 1.21 bits per heavy atom. The van der Waals surface area contributed by atoms with Gasteiger partial charge in [0, 0.05) is 18.8 Å². The van der Waals surface area contributed by atoms with Gasteiger partial charge in [-0.3, -0.25) is 4.79 Å². The van der Waals surface area contributed by atoms with Gasteiger partial charge in [-0.25, -0.2) is 0 Å². The third-order valence-corrected chi connectivity index (χ3v) is 5.48. The maximum absolute atomic E-state index is 12.3. The summed E-state index contributed by atoms with van der Waals surface area (Å²) in [5.41, 5.74) is 4.61. The molecule has 0 bridgehead atoms. The molecule has 4 nitrogen and oxygen atoms in total. The van der Waals surface area contributed by atoms with Gasteiger partial charge in [-0.05, 0) is 68.9 Å². The predicted octanol–water partition coefficient (Wildman–Crippen LogP) is 4.80. The fourth-order valence-electron chi connectivity index (χ4n) is 3.87. The first-order valence-corrected chi connectivity index (χ1v) is 10.3. The third-order valence-electron chi connectivity index (χ3n) is 5.48. The van der Waals surface area contributed by atoms with Gasteiger partial charge in [0.1, 0.15) is 5.75 Å². The number of hydrogen-bond acceptors (Lipinski definition) is 3. The lowest BCUT2D eigenvalue weighted by molar-refractivity contribution is -0.123. The second-order valence-electron chi connectivity index (χ2n) is 8.13. The van der Waals surface area contributed by atoms with E-state index in [4.69, 9.17) is 4.74 Å². The topological polar surface area (TPSA) is 41.6 Å². The highest BCUT2D eigenvalue weighted by Crippen LogP contribution is 2.24. The predicted molar refractivity (Wildman–Crippen MR) is 115 cm³/mol. The maximum atomic E-state index is 12.3. The SMILES string of the molecule is Cc1ccc(OCC(=O)N[C@H](C)c2ccc(N3CCC[C@@H](C)C3)cc2)c(C)c1. The van der Waals surface area contributed by atoms with Crippen molar-refractivity contribution in [1.29, 1.82) is 0 Å². The summed E-state index contributed by atoms with van der Waals surface area (Å²) in [6, 6.07) is 14.5. The zero-order chi connectivity index (χ0) is 20.1. The number of nitrogens with zero attached hydrogens (tertiary/aromatic N) is 1. The number of ether oxygens (including phenoxy) is 1. The van der Waals surface area contributed by atoms with Crippen molar-refractivity contribution in [1.82, 2.24) is 5.32 Å². The smallest absolute Gasteiger partial charge is 0.258 e. The van der Waals surface area contributed by atoms with E-state index >= 15 is 0 Å². The number of aryl methyl sites for hydroxylation is 2. The van der Waals surface area contributed by atoms with Gasteiger partial charge in [0.05, 0.1) is 6.04 Å². The van der Waals surface area contributed by atoms with Gasteiger partial charge < -0.3 is 15.0 Å². The summed E-state index contributed by atoms with van der Waals surface area (Å²) in [6.07, 6.45) is 2.58. The molecule has 28 heavy (non-hydrogen) atoms. The lowest BCUT2D eigenvalue weighted by atomic mass is 9.99. The van der Waals surface area contributed by atoms with E-state index < -0.39 is 0 Å². The van der Waals surface area contributed by atoms with Crippen LogP contribution in [0, 0.1) is 19.8 Å². The van der Waals surface area contributed by atoms with Crippen molar-refractivity contribution in [2.45, 2.75) is 46.6 Å². The Morgan fingerprint density at radius 2 is 1.96 bits per heavy atom. The van der Waals surface area contributed by atoms with E-state index in [2.05, 4.69) is 47.5 Å². The molecule has 0 radical (unpaired) electrons. The van der Waals surface area contributed by atoms with Crippen molar-refractivity contribution in [3.05, 3.63) is 59.2 Å². The first kappa shape index (κ1) is 20.2. The number of carbonyl (C=O) groups excluding carboxylic acids is 1. The van der Waals surface area contributed by atoms with Crippen LogP contribution in [0.1, 0.15) is 49.4 Å². The summed E-state index contributed by atoms with van der Waals surface area (Å²) < 4.78 is 5.68. The van der Waals surface area contributed by atoms with Crippen LogP contribution in [-0.4, -0.2) is 25.6 Å². The molecule has 4 heteroatoms. The molecule has 1 aliphatic heterocycles. The lowest BCUT2D eigenvalue weighted by Gasteiger charge is -2.33. The minimum atomic E-state index is -0.110. The van der Waals surface area contributed by atoms with E-state index in [0.717, 1.165) is 35.9 Å². The van der Waals surface area contributed by atoms with Crippen LogP contribution in [0.2, 0.25) is 0 Å². The molecule has 3 rings (SSSR count). The van der Waals surface area contributed by atoms with E-state index in [-0.39, 0.29) is 18.6 Å². The lowest BCUT2D eigenvalue weighted by Crippen LogP contribution is -2.34. The molecule has 1 heterocycles. The summed E-state index contributed by atoms with van der Waals surface area (Å²) in [5, 5.41) is 3.03. The van der Waals surface area contributed by atoms with Gasteiger partial charge in [0.15, 0.2) is 6.61 Å². The van der Waals surface area contributed by atoms with E-state index in [1.165, 1.54) is 24.1 Å². The van der Waals surface area contributed by atoms with Crippen LogP contribution in [-0.2, 0) is 4.79 Å². The van der Waals surface area contributed by atoms with Crippen LogP contribution in [0.15, 0.2) is 42.5 Å². The van der Waals surface area contributed by atoms with Crippen LogP contribution in [0.5, 0.6) is 5.75 Å². The highest BCUT2D eigenvalue weighted by atomic mass is 16.5. The number of amides is 1. The fourth-order valence-corrected chi connectivity index (χ4v) is 3.87. The maximum Gasteiger partial charge on any atom is 0.258 e. The van der Waals surface area contributed by atoms with Crippen LogP contribution >= 0.6 is 0 Å². The normalized spacial score (nSPS) is 17.9. The van der Waals surface area contributed by atoms with E-state index in [0.29, 0.717) is 0 Å². The van der Waals surface area contributed by atoms with Crippen LogP contribution in [0.25, 0.3) is 0 Å². The molecule has 0 aliphatic carbocycles. The Morgan fingerprint density at radius 3 is 2.64 bits per heavy atom. The molecule has 2 atom stereocenters. The Labute approximate surface area is 168 Å². The average molecular weight is 381 g/mol. The van der Waals surface area contributed by atoms with Gasteiger partial charge in [0.25, 0.3) is 5.91 Å². The summed E-state index contributed by atoms with van der Waals surface area (Å²) in [6.45, 7) is 10.6. The second kappa shape index (κ2) is 9.13. The van der Waals surface area contributed by atoms with Gasteiger partial charge in [0.2, 0.25) is 0 Å². The molecule has 150 valence electrons. The summed E-state index contributed by atoms with van der Waals surface area (Å²) in [5.74, 6) is 1.40. The van der Waals surface area contributed by atoms with Gasteiger partial charge in [-0.15, -0.1) is 0 Å². The first-order chi connectivity index (χ1) is 13.4. The standard InChI is InChI=1S/C24H32N2O2/c1-17-7-12-23(19(3)14-17)28-16-24(27)25-20(4)21-8-10-22(11-9-21)26-13-5-6-18(2)15-26/h7-12,14,18,20H,5-6,13,15-16H2,1-4H3,(H,25,27)/t18-,20-/m1/s1. The number of benzene rings is 2. The van der Waals surface area contributed by atoms with Crippen LogP contribution in [0.4, 0.5) is 5.69 Å². The van der Waals surface area contributed by atoms with Crippen LogP contribution in [0.3, 0.4) is 0 Å². The fraction of sp³-hybridized carbons (Fsp3) is 0.458. The quantitative estimate of drug-likeness (QED) is 0.783. The van der Waals surface area contributed by atoms with Crippen molar-refractivity contribution >= 4 is 11.6 Å². The van der Waals surface area contributed by atoms with E-state index in [9.17, 15) is 4.79 Å². The molecule has 2 aromatic rings. The number of rotatable bonds is 6. The van der Waals surface area contributed by atoms with Gasteiger partial charge in [-0.2, -0.15) is 0 Å². The number of piperidine rings is 1. The average Bonchev–Trinajstić information content (AvgIpc) is 2.67. The molecule has 1 N–H and O–H groups in total. The monoisotopic (exact) mass is 380 g/mol. The molecular formula is C24H32N2O2. The van der Waals surface area contributed by atoms with Crippen LogP contribution < -0.4 is 15.0 Å². The molecule has 1 saturated heterocycles. The van der Waals surface area contributed by atoms with E-state index in [1.54, 1.807) is 0 Å². The minimum absolute atomic E-state index is 0.0258. The molecule has 0 unspecified atom stereocenters. The highest BCUT2D eigenvalue weighted by molar-refractivity contribution is 5.78. The molecule has 0 saturated carbocycles. The Bertz CT molecular complexity index is 801. The molecule has 1 aliphatic rings. The van der Waals surface area contributed by atoms with Gasteiger partial charge >= 0.3 is 0 Å². The first-order valence-electron chi connectivity index (χ1n) is 10.3. The molecule has 1 fully saturated rings. The number of anilines is 1. The summed E-state index contributed by atoms with van der Waals surface area (Å²) in [4.78, 5) is 14.7. The zero-order valence-corrected chi connectivity index (χ0v) is 17.5. The van der Waals surface area contributed by atoms with Gasteiger partial charge in [-0.1, -0.05) is 36.8 Å². The number of nitrogens with one attached hydrogen (secondary N) is 1. The third kappa shape index (κ3) is 5.28. The number of carbonyl (C=O) groups is 1. The van der Waals surface area contributed by atoms with E-state index in [1.807, 2.05) is 32.9 Å². The second-order valence-corrected chi connectivity index (χ2v) is 8.13. The minimum Gasteiger partial charge on any atom is -0.484 e.